The van der Waals surface area contributed by atoms with Gasteiger partial charge in [0.05, 0.1) is 0 Å². The van der Waals surface area contributed by atoms with Crippen LogP contribution in [0.15, 0.2) is 0 Å². The molecule has 0 bridgehead atoms. The van der Waals surface area contributed by atoms with Crippen LogP contribution in [0.25, 0.3) is 0 Å². The molecule has 0 radical (unpaired) electrons. The zero-order valence-electron chi connectivity index (χ0n) is 10.6. The van der Waals surface area contributed by atoms with E-state index < -0.39 is 0 Å². The third-order valence-corrected chi connectivity index (χ3v) is 3.39. The number of hydrogen-bond acceptors (Lipinski definition) is 3. The maximum absolute atomic E-state index is 3.36. The van der Waals surface area contributed by atoms with Crippen LogP contribution in [-0.2, 0) is 0 Å². The lowest BCUT2D eigenvalue weighted by Gasteiger charge is -2.39. The Bertz CT molecular complexity index is 153. The average Bonchev–Trinajstić information content (AvgIpc) is 2.17. The molecule has 1 fully saturated rings. The molecule has 3 nitrogen and oxygen atoms in total. The Labute approximate surface area is 94.8 Å². The summed E-state index contributed by atoms with van der Waals surface area (Å²) in [5.41, 5.74) is 0. The molecule has 1 aliphatic rings. The molecular formula is C12H27N3. The Morgan fingerprint density at radius 1 is 1.00 bits per heavy atom. The van der Waals surface area contributed by atoms with E-state index in [4.69, 9.17) is 0 Å². The average molecular weight is 213 g/mol. The predicted octanol–water partition coefficient (Wildman–Crippen LogP) is 1.01. The van der Waals surface area contributed by atoms with Crippen molar-refractivity contribution < 1.29 is 0 Å². The highest BCUT2D eigenvalue weighted by atomic mass is 15.3. The quantitative estimate of drug-likeness (QED) is 0.649. The molecule has 0 aromatic carbocycles. The maximum atomic E-state index is 3.36. The van der Waals surface area contributed by atoms with Crippen LogP contribution in [0.1, 0.15) is 27.2 Å². The summed E-state index contributed by atoms with van der Waals surface area (Å²) in [6, 6.07) is 0.806. The minimum atomic E-state index is 0.806. The molecule has 0 spiro atoms. The van der Waals surface area contributed by atoms with Gasteiger partial charge in [-0.3, -0.25) is 4.90 Å². The van der Waals surface area contributed by atoms with E-state index in [0.29, 0.717) is 0 Å². The highest BCUT2D eigenvalue weighted by Crippen LogP contribution is 2.06. The monoisotopic (exact) mass is 213 g/mol. The van der Waals surface area contributed by atoms with Crippen LogP contribution in [0, 0.1) is 0 Å². The van der Waals surface area contributed by atoms with Crippen LogP contribution in [0.3, 0.4) is 0 Å². The van der Waals surface area contributed by atoms with E-state index in [9.17, 15) is 0 Å². The SMILES string of the molecule is CCCN(CCN(CC)CC)C1CNC1. The van der Waals surface area contributed by atoms with E-state index in [2.05, 4.69) is 35.9 Å². The molecule has 1 heterocycles. The number of nitrogens with one attached hydrogen (secondary N) is 1. The molecule has 3 heteroatoms. The first-order valence-corrected chi connectivity index (χ1v) is 6.48. The minimum Gasteiger partial charge on any atom is -0.314 e. The summed E-state index contributed by atoms with van der Waals surface area (Å²) in [6.07, 6.45) is 1.27. The lowest BCUT2D eigenvalue weighted by Crippen LogP contribution is -2.58. The van der Waals surface area contributed by atoms with Gasteiger partial charge in [-0.2, -0.15) is 0 Å². The second kappa shape index (κ2) is 7.20. The Morgan fingerprint density at radius 3 is 2.07 bits per heavy atom. The third-order valence-electron chi connectivity index (χ3n) is 3.39. The van der Waals surface area contributed by atoms with E-state index >= 15 is 0 Å². The van der Waals surface area contributed by atoms with Crippen molar-refractivity contribution in [2.24, 2.45) is 0 Å². The molecule has 0 aromatic rings. The van der Waals surface area contributed by atoms with Crippen LogP contribution in [-0.4, -0.2) is 61.7 Å². The van der Waals surface area contributed by atoms with Gasteiger partial charge in [0, 0.05) is 32.2 Å². The molecule has 1 rings (SSSR count). The first-order valence-electron chi connectivity index (χ1n) is 6.48. The Hall–Kier alpha value is -0.120. The van der Waals surface area contributed by atoms with Crippen molar-refractivity contribution in [2.75, 3.05) is 45.8 Å². The number of likely N-dealkylation sites (N-methyl/N-ethyl adjacent to an activating group) is 1. The maximum Gasteiger partial charge on any atom is 0.0345 e. The fourth-order valence-corrected chi connectivity index (χ4v) is 2.11. The van der Waals surface area contributed by atoms with Crippen molar-refractivity contribution in [1.29, 1.82) is 0 Å². The topological polar surface area (TPSA) is 18.5 Å². The van der Waals surface area contributed by atoms with E-state index in [1.54, 1.807) is 0 Å². The van der Waals surface area contributed by atoms with Gasteiger partial charge in [0.2, 0.25) is 0 Å². The van der Waals surface area contributed by atoms with E-state index in [1.807, 2.05) is 0 Å². The van der Waals surface area contributed by atoms with Crippen LogP contribution in [0.2, 0.25) is 0 Å². The molecule has 1 aliphatic heterocycles. The van der Waals surface area contributed by atoms with Gasteiger partial charge in [0.25, 0.3) is 0 Å². The number of hydrogen-bond donors (Lipinski definition) is 1. The highest BCUT2D eigenvalue weighted by Gasteiger charge is 2.23. The summed E-state index contributed by atoms with van der Waals surface area (Å²) in [5, 5.41) is 3.36. The first kappa shape index (κ1) is 12.9. The van der Waals surface area contributed by atoms with Crippen molar-refractivity contribution >= 4 is 0 Å². The van der Waals surface area contributed by atoms with E-state index in [-0.39, 0.29) is 0 Å². The summed E-state index contributed by atoms with van der Waals surface area (Å²) in [7, 11) is 0. The van der Waals surface area contributed by atoms with Gasteiger partial charge < -0.3 is 10.2 Å². The first-order chi connectivity index (χ1) is 7.31. The smallest absolute Gasteiger partial charge is 0.0345 e. The van der Waals surface area contributed by atoms with E-state index in [1.165, 1.54) is 52.2 Å². The molecule has 90 valence electrons. The molecule has 0 aromatic heterocycles. The number of rotatable bonds is 8. The summed E-state index contributed by atoms with van der Waals surface area (Å²) in [4.78, 5) is 5.16. The van der Waals surface area contributed by atoms with Gasteiger partial charge in [0.15, 0.2) is 0 Å². The summed E-state index contributed by atoms with van der Waals surface area (Å²) in [6.45, 7) is 15.2. The van der Waals surface area contributed by atoms with Crippen LogP contribution in [0.5, 0.6) is 0 Å². The predicted molar refractivity (Wildman–Crippen MR) is 66.3 cm³/mol. The van der Waals surface area contributed by atoms with Crippen molar-refractivity contribution in [3.8, 4) is 0 Å². The molecule has 0 unspecified atom stereocenters. The van der Waals surface area contributed by atoms with Crippen LogP contribution in [0.4, 0.5) is 0 Å². The normalized spacial score (nSPS) is 17.4. The second-order valence-electron chi connectivity index (χ2n) is 4.37. The molecular weight excluding hydrogens is 186 g/mol. The summed E-state index contributed by atoms with van der Waals surface area (Å²) < 4.78 is 0. The molecule has 15 heavy (non-hydrogen) atoms. The summed E-state index contributed by atoms with van der Waals surface area (Å²) >= 11 is 0. The fraction of sp³-hybridized carbons (Fsp3) is 1.00. The zero-order valence-corrected chi connectivity index (χ0v) is 10.6. The van der Waals surface area contributed by atoms with Crippen LogP contribution >= 0.6 is 0 Å². The van der Waals surface area contributed by atoms with Crippen molar-refractivity contribution in [3.63, 3.8) is 0 Å². The third kappa shape index (κ3) is 4.09. The molecule has 1 N–H and O–H groups in total. The lowest BCUT2D eigenvalue weighted by molar-refractivity contribution is 0.127. The molecule has 0 aliphatic carbocycles. The molecule has 0 saturated carbocycles. The minimum absolute atomic E-state index is 0.806. The Morgan fingerprint density at radius 2 is 1.67 bits per heavy atom. The van der Waals surface area contributed by atoms with Crippen molar-refractivity contribution in [1.82, 2.24) is 15.1 Å². The molecule has 0 atom stereocenters. The lowest BCUT2D eigenvalue weighted by atomic mass is 10.1. The van der Waals surface area contributed by atoms with Gasteiger partial charge in [-0.25, -0.2) is 0 Å². The van der Waals surface area contributed by atoms with E-state index in [0.717, 1.165) is 6.04 Å². The van der Waals surface area contributed by atoms with Gasteiger partial charge in [-0.15, -0.1) is 0 Å². The number of nitrogens with zero attached hydrogens (tertiary/aromatic N) is 2. The fourth-order valence-electron chi connectivity index (χ4n) is 2.11. The summed E-state index contributed by atoms with van der Waals surface area (Å²) in [5.74, 6) is 0. The van der Waals surface area contributed by atoms with Gasteiger partial charge >= 0.3 is 0 Å². The van der Waals surface area contributed by atoms with Gasteiger partial charge in [0.1, 0.15) is 0 Å². The van der Waals surface area contributed by atoms with Crippen molar-refractivity contribution in [3.05, 3.63) is 0 Å². The second-order valence-corrected chi connectivity index (χ2v) is 4.37. The highest BCUT2D eigenvalue weighted by molar-refractivity contribution is 4.84. The molecule has 0 amide bonds. The largest absolute Gasteiger partial charge is 0.314 e. The standard InChI is InChI=1S/C12H27N3/c1-4-7-15(12-10-13-11-12)9-8-14(5-2)6-3/h12-13H,4-11H2,1-3H3. The van der Waals surface area contributed by atoms with Gasteiger partial charge in [-0.1, -0.05) is 20.8 Å². The Balaban J connectivity index is 2.23. The van der Waals surface area contributed by atoms with Crippen molar-refractivity contribution in [2.45, 2.75) is 33.2 Å². The van der Waals surface area contributed by atoms with Gasteiger partial charge in [-0.05, 0) is 26.1 Å². The zero-order chi connectivity index (χ0) is 11.1. The van der Waals surface area contributed by atoms with Crippen LogP contribution < -0.4 is 5.32 Å². The Kier molecular flexibility index (Phi) is 6.22. The molecule has 1 saturated heterocycles.